The molecule has 2 N–H and O–H groups in total. The van der Waals surface area contributed by atoms with Crippen molar-refractivity contribution in [1.29, 1.82) is 0 Å². The van der Waals surface area contributed by atoms with E-state index in [1.807, 2.05) is 24.3 Å². The van der Waals surface area contributed by atoms with Gasteiger partial charge in [-0.25, -0.2) is 0 Å². The topological polar surface area (TPSA) is 80.9 Å². The number of rotatable bonds is 8. The van der Waals surface area contributed by atoms with Crippen LogP contribution in [0.15, 0.2) is 45.6 Å². The van der Waals surface area contributed by atoms with Gasteiger partial charge in [0.25, 0.3) is 0 Å². The largest absolute Gasteiger partial charge is 0.507 e. The van der Waals surface area contributed by atoms with Crippen LogP contribution in [0.5, 0.6) is 11.5 Å². The summed E-state index contributed by atoms with van der Waals surface area (Å²) in [5, 5.41) is 14.0. The molecule has 0 aliphatic carbocycles. The molecule has 0 atom stereocenters. The summed E-state index contributed by atoms with van der Waals surface area (Å²) in [7, 11) is 3.23. The minimum absolute atomic E-state index is 0.0966. The third kappa shape index (κ3) is 3.88. The normalized spacial score (nSPS) is 11.1. The molecule has 0 spiro atoms. The zero-order valence-corrected chi connectivity index (χ0v) is 16.4. The molecule has 0 saturated carbocycles. The Labute approximate surface area is 163 Å². The lowest BCUT2D eigenvalue weighted by Gasteiger charge is -2.14. The second-order valence-corrected chi connectivity index (χ2v) is 6.53. The van der Waals surface area contributed by atoms with Crippen LogP contribution in [0, 0.1) is 6.92 Å². The van der Waals surface area contributed by atoms with Gasteiger partial charge in [-0.05, 0) is 38.1 Å². The first-order chi connectivity index (χ1) is 13.6. The van der Waals surface area contributed by atoms with Gasteiger partial charge >= 0.3 is 0 Å². The van der Waals surface area contributed by atoms with Gasteiger partial charge in [0, 0.05) is 25.8 Å². The first-order valence-corrected chi connectivity index (χ1v) is 9.19. The molecule has 0 aliphatic rings. The Morgan fingerprint density at radius 3 is 2.68 bits per heavy atom. The highest BCUT2D eigenvalue weighted by atomic mass is 16.5. The smallest absolute Gasteiger partial charge is 0.200 e. The molecule has 0 radical (unpaired) electrons. The van der Waals surface area contributed by atoms with Gasteiger partial charge in [0.1, 0.15) is 22.8 Å². The van der Waals surface area contributed by atoms with Crippen LogP contribution >= 0.6 is 0 Å². The Bertz CT molecular complexity index is 1030. The Morgan fingerprint density at radius 1 is 1.14 bits per heavy atom. The van der Waals surface area contributed by atoms with Crippen LogP contribution in [0.25, 0.3) is 22.1 Å². The molecule has 1 heterocycles. The predicted octanol–water partition coefficient (Wildman–Crippen LogP) is 3.61. The van der Waals surface area contributed by atoms with Crippen molar-refractivity contribution in [2.75, 3.05) is 27.4 Å². The number of ether oxygens (including phenoxy) is 2. The number of para-hydroxylation sites is 1. The zero-order valence-electron chi connectivity index (χ0n) is 16.4. The number of phenols is 1. The molecule has 0 unspecified atom stereocenters. The summed E-state index contributed by atoms with van der Waals surface area (Å²) in [6.45, 7) is 3.53. The van der Waals surface area contributed by atoms with Crippen LogP contribution in [0.3, 0.4) is 0 Å². The summed E-state index contributed by atoms with van der Waals surface area (Å²) in [6, 6.07) is 10.5. The molecule has 0 fully saturated rings. The predicted molar refractivity (Wildman–Crippen MR) is 109 cm³/mol. The van der Waals surface area contributed by atoms with E-state index in [9.17, 15) is 9.90 Å². The Kier molecular flexibility index (Phi) is 6.34. The van der Waals surface area contributed by atoms with E-state index >= 15 is 0 Å². The first-order valence-electron chi connectivity index (χ1n) is 9.19. The van der Waals surface area contributed by atoms with Crippen LogP contribution < -0.4 is 15.5 Å². The SMILES string of the molecule is COCCCNCc1c(O)ccc2c(=O)c(-c3ccccc3OC)c(C)oc12. The highest BCUT2D eigenvalue weighted by Gasteiger charge is 2.19. The fourth-order valence-corrected chi connectivity index (χ4v) is 3.30. The lowest BCUT2D eigenvalue weighted by molar-refractivity contribution is 0.194. The van der Waals surface area contributed by atoms with E-state index in [0.717, 1.165) is 13.0 Å². The van der Waals surface area contributed by atoms with E-state index in [1.54, 1.807) is 27.2 Å². The van der Waals surface area contributed by atoms with Crippen LogP contribution in [0.4, 0.5) is 0 Å². The van der Waals surface area contributed by atoms with Gasteiger partial charge in [-0.1, -0.05) is 18.2 Å². The summed E-state index contributed by atoms with van der Waals surface area (Å²) in [5.41, 5.74) is 1.98. The van der Waals surface area contributed by atoms with Crippen molar-refractivity contribution in [2.45, 2.75) is 19.9 Å². The van der Waals surface area contributed by atoms with Crippen molar-refractivity contribution < 1.29 is 19.0 Å². The summed E-state index contributed by atoms with van der Waals surface area (Å²) >= 11 is 0. The Morgan fingerprint density at radius 2 is 1.93 bits per heavy atom. The van der Waals surface area contributed by atoms with Crippen LogP contribution in [0.1, 0.15) is 17.7 Å². The molecule has 3 rings (SSSR count). The molecule has 2 aromatic carbocycles. The number of nitrogens with one attached hydrogen (secondary N) is 1. The maximum atomic E-state index is 13.3. The number of hydrogen-bond donors (Lipinski definition) is 2. The van der Waals surface area contributed by atoms with Crippen molar-refractivity contribution in [3.63, 3.8) is 0 Å². The van der Waals surface area contributed by atoms with Crippen molar-refractivity contribution in [3.05, 3.63) is 57.9 Å². The minimum Gasteiger partial charge on any atom is -0.507 e. The maximum Gasteiger partial charge on any atom is 0.200 e. The van der Waals surface area contributed by atoms with Gasteiger partial charge in [-0.3, -0.25) is 4.79 Å². The van der Waals surface area contributed by atoms with Crippen molar-refractivity contribution in [2.24, 2.45) is 0 Å². The average Bonchev–Trinajstić information content (AvgIpc) is 2.69. The van der Waals surface area contributed by atoms with E-state index < -0.39 is 0 Å². The molecule has 3 aromatic rings. The molecule has 0 bridgehead atoms. The van der Waals surface area contributed by atoms with Crippen molar-refractivity contribution in [1.82, 2.24) is 5.32 Å². The number of fused-ring (bicyclic) bond motifs is 1. The number of phenolic OH excluding ortho intramolecular Hbond substituents is 1. The molecule has 0 amide bonds. The molecule has 148 valence electrons. The van der Waals surface area contributed by atoms with E-state index in [0.29, 0.717) is 52.3 Å². The monoisotopic (exact) mass is 383 g/mol. The third-order valence-corrected chi connectivity index (χ3v) is 4.69. The van der Waals surface area contributed by atoms with Gasteiger partial charge in [-0.15, -0.1) is 0 Å². The maximum absolute atomic E-state index is 13.3. The lowest BCUT2D eigenvalue weighted by atomic mass is 10.00. The summed E-state index contributed by atoms with van der Waals surface area (Å²) in [5.74, 6) is 1.18. The number of methoxy groups -OCH3 is 2. The van der Waals surface area contributed by atoms with Crippen molar-refractivity contribution >= 4 is 11.0 Å². The fourth-order valence-electron chi connectivity index (χ4n) is 3.30. The van der Waals surface area contributed by atoms with Crippen LogP contribution in [0.2, 0.25) is 0 Å². The average molecular weight is 383 g/mol. The first kappa shape index (κ1) is 19.9. The van der Waals surface area contributed by atoms with Gasteiger partial charge in [0.2, 0.25) is 5.43 Å². The summed E-state index contributed by atoms with van der Waals surface area (Å²) in [4.78, 5) is 13.3. The molecular formula is C22H25NO5. The fraction of sp³-hybridized carbons (Fsp3) is 0.318. The number of hydrogen-bond acceptors (Lipinski definition) is 6. The van der Waals surface area contributed by atoms with Crippen LogP contribution in [-0.4, -0.2) is 32.5 Å². The molecule has 28 heavy (non-hydrogen) atoms. The number of benzene rings is 2. The zero-order chi connectivity index (χ0) is 20.1. The van der Waals surface area contributed by atoms with Crippen molar-refractivity contribution in [3.8, 4) is 22.6 Å². The van der Waals surface area contributed by atoms with E-state index in [2.05, 4.69) is 5.32 Å². The Balaban J connectivity index is 2.07. The summed E-state index contributed by atoms with van der Waals surface area (Å²) < 4.78 is 16.5. The van der Waals surface area contributed by atoms with Gasteiger partial charge in [-0.2, -0.15) is 0 Å². The quantitative estimate of drug-likeness (QED) is 0.579. The van der Waals surface area contributed by atoms with E-state index in [-0.39, 0.29) is 11.2 Å². The highest BCUT2D eigenvalue weighted by molar-refractivity contribution is 5.87. The van der Waals surface area contributed by atoms with Gasteiger partial charge < -0.3 is 24.3 Å². The summed E-state index contributed by atoms with van der Waals surface area (Å²) in [6.07, 6.45) is 0.850. The van der Waals surface area contributed by atoms with E-state index in [4.69, 9.17) is 13.9 Å². The molecule has 0 aliphatic heterocycles. The standard InChI is InChI=1S/C22H25NO5/c1-14-20(15-7-4-5-8-19(15)27-3)21(25)16-9-10-18(24)17(22(16)28-14)13-23-11-6-12-26-2/h4-5,7-10,23-24H,6,11-13H2,1-3H3. The third-order valence-electron chi connectivity index (χ3n) is 4.69. The molecule has 6 nitrogen and oxygen atoms in total. The number of aryl methyl sites for hydroxylation is 1. The van der Waals surface area contributed by atoms with Crippen LogP contribution in [-0.2, 0) is 11.3 Å². The number of aromatic hydroxyl groups is 1. The Hall–Kier alpha value is -2.83. The van der Waals surface area contributed by atoms with Gasteiger partial charge in [0.15, 0.2) is 0 Å². The molecule has 0 saturated heterocycles. The van der Waals surface area contributed by atoms with Gasteiger partial charge in [0.05, 0.1) is 23.6 Å². The minimum atomic E-state index is -0.149. The lowest BCUT2D eigenvalue weighted by Crippen LogP contribution is -2.17. The van der Waals surface area contributed by atoms with E-state index in [1.165, 1.54) is 6.07 Å². The molecule has 1 aromatic heterocycles. The second kappa shape index (κ2) is 8.91. The molecule has 6 heteroatoms. The second-order valence-electron chi connectivity index (χ2n) is 6.53. The highest BCUT2D eigenvalue weighted by Crippen LogP contribution is 2.33. The molecular weight excluding hydrogens is 358 g/mol.